The molecule has 0 saturated carbocycles. The Balaban J connectivity index is 3.70. The molecule has 0 fully saturated rings. The summed E-state index contributed by atoms with van der Waals surface area (Å²) in [6.07, 6.45) is 10.4. The van der Waals surface area contributed by atoms with E-state index in [2.05, 4.69) is 33.8 Å². The molecule has 0 heteroatoms. The first-order valence-electron chi connectivity index (χ1n) is 5.90. The maximum atomic E-state index is 2.43. The van der Waals surface area contributed by atoms with E-state index in [-0.39, 0.29) is 0 Å². The van der Waals surface area contributed by atoms with Crippen LogP contribution >= 0.6 is 0 Å². The molecule has 78 valence electrons. The molecule has 1 atom stereocenters. The second kappa shape index (κ2) is 8.34. The molecule has 0 aromatic heterocycles. The van der Waals surface area contributed by atoms with Crippen molar-refractivity contribution in [2.24, 2.45) is 5.92 Å². The summed E-state index contributed by atoms with van der Waals surface area (Å²) in [6.45, 7) is 9.07. The van der Waals surface area contributed by atoms with Crippen molar-refractivity contribution >= 4 is 0 Å². The van der Waals surface area contributed by atoms with E-state index in [1.165, 1.54) is 38.5 Å². The topological polar surface area (TPSA) is 0 Å². The van der Waals surface area contributed by atoms with Crippen LogP contribution in [0, 0.1) is 5.92 Å². The predicted molar refractivity (Wildman–Crippen MR) is 62.0 cm³/mol. The molecule has 0 amide bonds. The third kappa shape index (κ3) is 6.86. The zero-order chi connectivity index (χ0) is 10.1. The zero-order valence-electron chi connectivity index (χ0n) is 9.90. The quantitative estimate of drug-likeness (QED) is 0.489. The molecule has 0 aliphatic carbocycles. The van der Waals surface area contributed by atoms with Crippen LogP contribution in [0.3, 0.4) is 0 Å². The molecule has 0 aliphatic rings. The molecule has 0 aromatic carbocycles. The van der Waals surface area contributed by atoms with Crippen LogP contribution in [0.5, 0.6) is 0 Å². The Morgan fingerprint density at radius 1 is 1.23 bits per heavy atom. The number of rotatable bonds is 7. The third-order valence-corrected chi connectivity index (χ3v) is 2.90. The fraction of sp³-hybridized carbons (Fsp3) is 0.846. The lowest BCUT2D eigenvalue weighted by Gasteiger charge is -2.11. The zero-order valence-corrected chi connectivity index (χ0v) is 9.90. The van der Waals surface area contributed by atoms with Gasteiger partial charge in [0.2, 0.25) is 0 Å². The monoisotopic (exact) mass is 182 g/mol. The lowest BCUT2D eigenvalue weighted by molar-refractivity contribution is 0.455. The first-order valence-corrected chi connectivity index (χ1v) is 5.90. The second-order valence-electron chi connectivity index (χ2n) is 4.06. The van der Waals surface area contributed by atoms with Gasteiger partial charge in [0.15, 0.2) is 0 Å². The first-order chi connectivity index (χ1) is 6.24. The molecule has 0 nitrogen and oxygen atoms in total. The Kier molecular flexibility index (Phi) is 8.18. The fourth-order valence-corrected chi connectivity index (χ4v) is 1.49. The van der Waals surface area contributed by atoms with Crippen molar-refractivity contribution in [1.82, 2.24) is 0 Å². The highest BCUT2D eigenvalue weighted by Crippen LogP contribution is 2.18. The van der Waals surface area contributed by atoms with Gasteiger partial charge in [-0.05, 0) is 25.7 Å². The Hall–Kier alpha value is -0.260. The minimum atomic E-state index is 0.932. The lowest BCUT2D eigenvalue weighted by Crippen LogP contribution is -1.97. The third-order valence-electron chi connectivity index (χ3n) is 2.90. The van der Waals surface area contributed by atoms with E-state index in [0.717, 1.165) is 5.92 Å². The largest absolute Gasteiger partial charge is 0.0853 e. The van der Waals surface area contributed by atoms with Gasteiger partial charge in [-0.3, -0.25) is 0 Å². The molecule has 0 N–H and O–H groups in total. The van der Waals surface area contributed by atoms with Crippen molar-refractivity contribution < 1.29 is 0 Å². The number of unbranched alkanes of at least 4 members (excludes halogenated alkanes) is 1. The molecule has 1 unspecified atom stereocenters. The average Bonchev–Trinajstić information content (AvgIpc) is 2.17. The van der Waals surface area contributed by atoms with Gasteiger partial charge in [-0.25, -0.2) is 0 Å². The molecule has 0 radical (unpaired) electrons. The van der Waals surface area contributed by atoms with Gasteiger partial charge in [0.05, 0.1) is 0 Å². The van der Waals surface area contributed by atoms with Crippen LogP contribution < -0.4 is 0 Å². The molecule has 13 heavy (non-hydrogen) atoms. The summed E-state index contributed by atoms with van der Waals surface area (Å²) in [5.74, 6) is 0.932. The van der Waals surface area contributed by atoms with E-state index in [4.69, 9.17) is 0 Å². The summed E-state index contributed by atoms with van der Waals surface area (Å²) in [5, 5.41) is 0. The van der Waals surface area contributed by atoms with E-state index in [1.54, 1.807) is 5.57 Å². The van der Waals surface area contributed by atoms with Crippen molar-refractivity contribution in [2.45, 2.75) is 66.2 Å². The molecule has 0 aromatic rings. The summed E-state index contributed by atoms with van der Waals surface area (Å²) in [4.78, 5) is 0. The van der Waals surface area contributed by atoms with Gasteiger partial charge in [0.25, 0.3) is 0 Å². The van der Waals surface area contributed by atoms with Crippen LogP contribution in [0.1, 0.15) is 66.2 Å². The van der Waals surface area contributed by atoms with E-state index in [1.807, 2.05) is 0 Å². The highest BCUT2D eigenvalue weighted by atomic mass is 14.1. The molecule has 0 rings (SSSR count). The average molecular weight is 182 g/mol. The summed E-state index contributed by atoms with van der Waals surface area (Å²) in [6, 6.07) is 0. The van der Waals surface area contributed by atoms with Crippen LogP contribution in [-0.4, -0.2) is 0 Å². The molecule has 0 bridgehead atoms. The van der Waals surface area contributed by atoms with Crippen LogP contribution in [0.25, 0.3) is 0 Å². The Bertz CT molecular complexity index is 133. The number of hydrogen-bond donors (Lipinski definition) is 0. The van der Waals surface area contributed by atoms with Crippen molar-refractivity contribution in [3.8, 4) is 0 Å². The maximum absolute atomic E-state index is 2.43. The highest BCUT2D eigenvalue weighted by Gasteiger charge is 2.03. The Morgan fingerprint density at radius 2 is 1.92 bits per heavy atom. The van der Waals surface area contributed by atoms with Gasteiger partial charge < -0.3 is 0 Å². The van der Waals surface area contributed by atoms with Crippen LogP contribution in [0.15, 0.2) is 11.6 Å². The summed E-state index contributed by atoms with van der Waals surface area (Å²) >= 11 is 0. The van der Waals surface area contributed by atoms with Crippen molar-refractivity contribution in [2.75, 3.05) is 0 Å². The van der Waals surface area contributed by atoms with Gasteiger partial charge in [0.1, 0.15) is 0 Å². The Labute approximate surface area is 84.4 Å². The number of hydrogen-bond acceptors (Lipinski definition) is 0. The normalized spacial score (nSPS) is 14.6. The molecule has 0 saturated heterocycles. The summed E-state index contributed by atoms with van der Waals surface area (Å²) < 4.78 is 0. The van der Waals surface area contributed by atoms with Crippen molar-refractivity contribution in [3.63, 3.8) is 0 Å². The van der Waals surface area contributed by atoms with Gasteiger partial charge in [-0.1, -0.05) is 58.1 Å². The summed E-state index contributed by atoms with van der Waals surface area (Å²) in [7, 11) is 0. The fourth-order valence-electron chi connectivity index (χ4n) is 1.49. The molecule has 0 spiro atoms. The minimum absolute atomic E-state index is 0.932. The second-order valence-corrected chi connectivity index (χ2v) is 4.06. The van der Waals surface area contributed by atoms with Gasteiger partial charge in [-0.15, -0.1) is 0 Å². The highest BCUT2D eigenvalue weighted by molar-refractivity contribution is 4.97. The predicted octanol–water partition coefficient (Wildman–Crippen LogP) is 4.95. The SMILES string of the molecule is CCCCC(CC)C/C=C(\C)CC. The van der Waals surface area contributed by atoms with Crippen LogP contribution in [-0.2, 0) is 0 Å². The molecular formula is C13H26. The van der Waals surface area contributed by atoms with E-state index >= 15 is 0 Å². The lowest BCUT2D eigenvalue weighted by atomic mass is 9.95. The van der Waals surface area contributed by atoms with Crippen LogP contribution in [0.4, 0.5) is 0 Å². The van der Waals surface area contributed by atoms with Crippen molar-refractivity contribution in [3.05, 3.63) is 11.6 Å². The smallest absolute Gasteiger partial charge is 0.0320 e. The standard InChI is InChI=1S/C13H26/c1-5-8-9-13(7-3)11-10-12(4)6-2/h10,13H,5-9,11H2,1-4H3/b12-10+. The van der Waals surface area contributed by atoms with E-state index in [0.29, 0.717) is 0 Å². The van der Waals surface area contributed by atoms with Crippen LogP contribution in [0.2, 0.25) is 0 Å². The van der Waals surface area contributed by atoms with Gasteiger partial charge in [0, 0.05) is 0 Å². The molecule has 0 heterocycles. The van der Waals surface area contributed by atoms with Crippen molar-refractivity contribution in [1.29, 1.82) is 0 Å². The van der Waals surface area contributed by atoms with Gasteiger partial charge >= 0.3 is 0 Å². The maximum Gasteiger partial charge on any atom is -0.0320 e. The minimum Gasteiger partial charge on any atom is -0.0853 e. The molecular weight excluding hydrogens is 156 g/mol. The first kappa shape index (κ1) is 12.7. The number of allylic oxidation sites excluding steroid dienone is 2. The van der Waals surface area contributed by atoms with E-state index < -0.39 is 0 Å². The summed E-state index contributed by atoms with van der Waals surface area (Å²) in [5.41, 5.74) is 1.55. The Morgan fingerprint density at radius 3 is 2.38 bits per heavy atom. The molecule has 0 aliphatic heterocycles. The van der Waals surface area contributed by atoms with Gasteiger partial charge in [-0.2, -0.15) is 0 Å². The van der Waals surface area contributed by atoms with E-state index in [9.17, 15) is 0 Å².